The van der Waals surface area contributed by atoms with Gasteiger partial charge in [-0.1, -0.05) is 62.4 Å². The molecule has 0 N–H and O–H groups in total. The van der Waals surface area contributed by atoms with Crippen LogP contribution in [0.2, 0.25) is 0 Å². The zero-order valence-corrected chi connectivity index (χ0v) is 24.4. The number of hydrogen-bond acceptors (Lipinski definition) is 1. The van der Waals surface area contributed by atoms with Gasteiger partial charge >= 0.3 is 0 Å². The van der Waals surface area contributed by atoms with Gasteiger partial charge in [0.2, 0.25) is 11.4 Å². The molecule has 0 aliphatic carbocycles. The lowest BCUT2D eigenvalue weighted by molar-refractivity contribution is -0.720. The highest BCUT2D eigenvalue weighted by molar-refractivity contribution is 6.10. The average molecular weight is 549 g/mol. The van der Waals surface area contributed by atoms with Crippen molar-refractivity contribution in [2.75, 3.05) is 0 Å². The summed E-state index contributed by atoms with van der Waals surface area (Å²) in [5, 5.41) is 2.40. The standard InChI is InChI=1S/C39H36N2O/c1-25(2)23-28-11-10-14-32-33-20-18-27-17-19-31-29-12-4-5-13-30(29)34-15-6-9-22-41(34)36(31)24-26(3)40-21-8-7-16-35(40)37(27)39(33)42-38(28)32/h4-16,18,20-22,25,31,36H,3,17,19,23-24H2,1-2H3/q+2. The van der Waals surface area contributed by atoms with Gasteiger partial charge in [-0.3, -0.25) is 0 Å². The highest BCUT2D eigenvalue weighted by Gasteiger charge is 2.42. The Bertz CT molecular complexity index is 2010. The van der Waals surface area contributed by atoms with E-state index in [1.165, 1.54) is 44.3 Å². The molecule has 0 amide bonds. The average Bonchev–Trinajstić information content (AvgIpc) is 3.40. The van der Waals surface area contributed by atoms with E-state index in [1.54, 1.807) is 0 Å². The Morgan fingerprint density at radius 1 is 0.810 bits per heavy atom. The van der Waals surface area contributed by atoms with Crippen LogP contribution in [0, 0.1) is 5.92 Å². The van der Waals surface area contributed by atoms with Crippen LogP contribution < -0.4 is 9.13 Å². The van der Waals surface area contributed by atoms with Gasteiger partial charge < -0.3 is 4.42 Å². The molecule has 206 valence electrons. The normalized spacial score (nSPS) is 17.8. The van der Waals surface area contributed by atoms with E-state index in [9.17, 15) is 0 Å². The SMILES string of the molecule is C=C1CC2C(CCc3ccc4c(oc5c(CC(C)C)cccc54)c3-c3cccc[n+]31)c1ccccc1-c1cccc[n+]12. The number of para-hydroxylation sites is 1. The highest BCUT2D eigenvalue weighted by atomic mass is 16.3. The molecule has 0 spiro atoms. The molecule has 0 saturated heterocycles. The number of benzene rings is 3. The first-order valence-corrected chi connectivity index (χ1v) is 15.3. The van der Waals surface area contributed by atoms with Crippen molar-refractivity contribution in [1.82, 2.24) is 0 Å². The monoisotopic (exact) mass is 548 g/mol. The molecule has 3 aromatic heterocycles. The van der Waals surface area contributed by atoms with Crippen molar-refractivity contribution in [3.63, 3.8) is 0 Å². The number of allylic oxidation sites excluding steroid dienone is 1. The number of nitrogens with zero attached hydrogens (tertiary/aromatic N) is 2. The first-order chi connectivity index (χ1) is 20.6. The van der Waals surface area contributed by atoms with E-state index in [2.05, 4.69) is 126 Å². The third kappa shape index (κ3) is 3.87. The fourth-order valence-electron chi connectivity index (χ4n) is 7.64. The molecule has 5 heterocycles. The molecule has 3 nitrogen and oxygen atoms in total. The van der Waals surface area contributed by atoms with Gasteiger partial charge in [-0.25, -0.2) is 0 Å². The predicted octanol–water partition coefficient (Wildman–Crippen LogP) is 8.84. The van der Waals surface area contributed by atoms with Crippen LogP contribution >= 0.6 is 0 Å². The number of aromatic nitrogens is 2. The molecular formula is C39H36N2O+2. The molecule has 8 rings (SSSR count). The molecule has 0 fully saturated rings. The van der Waals surface area contributed by atoms with E-state index in [1.807, 2.05) is 0 Å². The number of rotatable bonds is 2. The van der Waals surface area contributed by atoms with E-state index < -0.39 is 0 Å². The van der Waals surface area contributed by atoms with Crippen molar-refractivity contribution in [2.24, 2.45) is 5.92 Å². The summed E-state index contributed by atoms with van der Waals surface area (Å²) in [7, 11) is 0. The van der Waals surface area contributed by atoms with Crippen LogP contribution in [0.15, 0.2) is 114 Å². The molecule has 0 saturated carbocycles. The zero-order chi connectivity index (χ0) is 28.4. The first kappa shape index (κ1) is 25.2. The number of aryl methyl sites for hydroxylation is 1. The zero-order valence-electron chi connectivity index (χ0n) is 24.4. The Labute approximate surface area is 247 Å². The van der Waals surface area contributed by atoms with E-state index in [0.717, 1.165) is 48.2 Å². The van der Waals surface area contributed by atoms with E-state index in [-0.39, 0.29) is 0 Å². The molecule has 2 atom stereocenters. The van der Waals surface area contributed by atoms with Crippen molar-refractivity contribution in [3.8, 4) is 22.5 Å². The van der Waals surface area contributed by atoms with Gasteiger partial charge in [0, 0.05) is 46.5 Å². The summed E-state index contributed by atoms with van der Waals surface area (Å²) in [5.74, 6) is 0.936. The Morgan fingerprint density at radius 2 is 1.60 bits per heavy atom. The molecule has 42 heavy (non-hydrogen) atoms. The number of hydrogen-bond donors (Lipinski definition) is 0. The first-order valence-electron chi connectivity index (χ1n) is 15.3. The fourth-order valence-corrected chi connectivity index (χ4v) is 7.64. The van der Waals surface area contributed by atoms with Gasteiger partial charge in [0.25, 0.3) is 0 Å². The topological polar surface area (TPSA) is 20.9 Å². The van der Waals surface area contributed by atoms with Crippen LogP contribution in [0.1, 0.15) is 55.3 Å². The van der Waals surface area contributed by atoms with E-state index >= 15 is 0 Å². The third-order valence-corrected chi connectivity index (χ3v) is 9.44. The second-order valence-electron chi connectivity index (χ2n) is 12.5. The minimum Gasteiger partial charge on any atom is -0.455 e. The molecule has 6 aromatic rings. The summed E-state index contributed by atoms with van der Waals surface area (Å²) < 4.78 is 11.7. The molecule has 2 aliphatic rings. The molecule has 2 unspecified atom stereocenters. The molecular weight excluding hydrogens is 512 g/mol. The van der Waals surface area contributed by atoms with Crippen molar-refractivity contribution in [2.45, 2.75) is 51.5 Å². The van der Waals surface area contributed by atoms with Crippen molar-refractivity contribution >= 4 is 27.6 Å². The Kier molecular flexibility index (Phi) is 5.89. The summed E-state index contributed by atoms with van der Waals surface area (Å²) in [6, 6.07) is 33.7. The quantitative estimate of drug-likeness (QED) is 0.198. The van der Waals surface area contributed by atoms with Gasteiger partial charge in [0.1, 0.15) is 11.2 Å². The Hall–Kier alpha value is -4.50. The predicted molar refractivity (Wildman–Crippen MR) is 170 cm³/mol. The Balaban J connectivity index is 1.36. The lowest BCUT2D eigenvalue weighted by Gasteiger charge is -2.31. The maximum atomic E-state index is 6.91. The summed E-state index contributed by atoms with van der Waals surface area (Å²) in [4.78, 5) is 0. The number of furan rings is 1. The van der Waals surface area contributed by atoms with E-state index in [0.29, 0.717) is 17.9 Å². The lowest BCUT2D eigenvalue weighted by atomic mass is 9.77. The van der Waals surface area contributed by atoms with E-state index in [4.69, 9.17) is 11.0 Å². The van der Waals surface area contributed by atoms with Crippen LogP contribution in [-0.4, -0.2) is 0 Å². The Morgan fingerprint density at radius 3 is 2.48 bits per heavy atom. The minimum atomic E-state index is 0.291. The smallest absolute Gasteiger partial charge is 0.222 e. The third-order valence-electron chi connectivity index (χ3n) is 9.44. The maximum Gasteiger partial charge on any atom is 0.222 e. The van der Waals surface area contributed by atoms with Gasteiger partial charge in [-0.05, 0) is 66.6 Å². The molecule has 3 aromatic carbocycles. The van der Waals surface area contributed by atoms with Crippen LogP contribution in [0.5, 0.6) is 0 Å². The fraction of sp³-hybridized carbons (Fsp3) is 0.231. The summed E-state index contributed by atoms with van der Waals surface area (Å²) in [5.41, 5.74) is 12.2. The van der Waals surface area contributed by atoms with Crippen LogP contribution in [0.25, 0.3) is 50.2 Å². The second-order valence-corrected chi connectivity index (χ2v) is 12.5. The molecule has 3 heteroatoms. The van der Waals surface area contributed by atoms with Gasteiger partial charge in [-0.2, -0.15) is 9.13 Å². The summed E-state index contributed by atoms with van der Waals surface area (Å²) in [6.07, 6.45) is 8.34. The van der Waals surface area contributed by atoms with Crippen LogP contribution in [0.4, 0.5) is 0 Å². The molecule has 2 aliphatic heterocycles. The molecule has 0 bridgehead atoms. The second kappa shape index (κ2) is 9.80. The summed E-state index contributed by atoms with van der Waals surface area (Å²) in [6.45, 7) is 9.26. The minimum absolute atomic E-state index is 0.291. The van der Waals surface area contributed by atoms with Crippen molar-refractivity contribution in [3.05, 3.63) is 127 Å². The number of pyridine rings is 2. The maximum absolute atomic E-state index is 6.91. The summed E-state index contributed by atoms with van der Waals surface area (Å²) >= 11 is 0. The van der Waals surface area contributed by atoms with Crippen LogP contribution in [-0.2, 0) is 12.8 Å². The number of fused-ring (bicyclic) bond motifs is 13. The van der Waals surface area contributed by atoms with Gasteiger partial charge in [0.15, 0.2) is 24.1 Å². The van der Waals surface area contributed by atoms with Gasteiger partial charge in [0.05, 0.1) is 12.0 Å². The lowest BCUT2D eigenvalue weighted by Crippen LogP contribution is -2.49. The van der Waals surface area contributed by atoms with Crippen LogP contribution in [0.3, 0.4) is 0 Å². The van der Waals surface area contributed by atoms with Crippen molar-refractivity contribution < 1.29 is 13.6 Å². The van der Waals surface area contributed by atoms with Crippen molar-refractivity contribution in [1.29, 1.82) is 0 Å². The molecule has 0 radical (unpaired) electrons. The van der Waals surface area contributed by atoms with Gasteiger partial charge in [-0.15, -0.1) is 0 Å². The largest absolute Gasteiger partial charge is 0.455 e. The highest BCUT2D eigenvalue weighted by Crippen LogP contribution is 2.45.